The van der Waals surface area contributed by atoms with Crippen LogP contribution in [0.2, 0.25) is 0 Å². The van der Waals surface area contributed by atoms with Crippen molar-refractivity contribution in [2.75, 3.05) is 26.2 Å². The largest absolute Gasteiger partial charge is 0.354 e. The van der Waals surface area contributed by atoms with Crippen LogP contribution in [-0.2, 0) is 11.2 Å². The molecule has 4 rings (SSSR count). The third-order valence-electron chi connectivity index (χ3n) is 5.19. The molecule has 0 saturated carbocycles. The van der Waals surface area contributed by atoms with Crippen LogP contribution in [0.3, 0.4) is 0 Å². The minimum Gasteiger partial charge on any atom is -0.354 e. The van der Waals surface area contributed by atoms with Gasteiger partial charge in [0.15, 0.2) is 0 Å². The Hall–Kier alpha value is -3.06. The standard InChI is InChI=1S/C22H25N5O2/c28-20(16-27-13-5-9-19(15-27)17-6-2-1-3-7-17)24-12-10-21-25-22(26-29-21)18-8-4-11-23-14-18/h1-4,6-8,11,14,19H,5,9-10,12-13,15-16H2,(H,24,28). The van der Waals surface area contributed by atoms with Crippen molar-refractivity contribution in [2.24, 2.45) is 0 Å². The van der Waals surface area contributed by atoms with E-state index in [-0.39, 0.29) is 5.91 Å². The molecule has 1 unspecified atom stereocenters. The molecule has 1 aliphatic rings. The van der Waals surface area contributed by atoms with Gasteiger partial charge in [-0.2, -0.15) is 4.98 Å². The summed E-state index contributed by atoms with van der Waals surface area (Å²) >= 11 is 0. The molecule has 0 spiro atoms. The topological polar surface area (TPSA) is 84.2 Å². The zero-order valence-electron chi connectivity index (χ0n) is 16.3. The Balaban J connectivity index is 1.22. The molecular weight excluding hydrogens is 366 g/mol. The number of carbonyl (C=O) groups is 1. The highest BCUT2D eigenvalue weighted by Crippen LogP contribution is 2.26. The highest BCUT2D eigenvalue weighted by atomic mass is 16.5. The number of carbonyl (C=O) groups excluding carboxylic acids is 1. The van der Waals surface area contributed by atoms with Gasteiger partial charge >= 0.3 is 0 Å². The summed E-state index contributed by atoms with van der Waals surface area (Å²) in [6, 6.07) is 14.3. The molecule has 1 amide bonds. The van der Waals surface area contributed by atoms with Crippen LogP contribution in [0.25, 0.3) is 11.4 Å². The van der Waals surface area contributed by atoms with E-state index in [9.17, 15) is 4.79 Å². The Morgan fingerprint density at radius 1 is 1.21 bits per heavy atom. The molecule has 2 aromatic heterocycles. The van der Waals surface area contributed by atoms with E-state index in [4.69, 9.17) is 4.52 Å². The first-order valence-electron chi connectivity index (χ1n) is 10.0. The molecule has 1 fully saturated rings. The van der Waals surface area contributed by atoms with Gasteiger partial charge in [0.1, 0.15) is 0 Å². The maximum Gasteiger partial charge on any atom is 0.234 e. The SMILES string of the molecule is O=C(CN1CCCC(c2ccccc2)C1)NCCc1nc(-c2cccnc2)no1. The first-order chi connectivity index (χ1) is 14.3. The number of benzene rings is 1. The van der Waals surface area contributed by atoms with Crippen molar-refractivity contribution in [1.29, 1.82) is 0 Å². The predicted molar refractivity (Wildman–Crippen MR) is 109 cm³/mol. The van der Waals surface area contributed by atoms with E-state index >= 15 is 0 Å². The molecule has 0 bridgehead atoms. The Labute approximate surface area is 170 Å². The molecule has 7 heteroatoms. The zero-order chi connectivity index (χ0) is 19.9. The van der Waals surface area contributed by atoms with Crippen molar-refractivity contribution < 1.29 is 9.32 Å². The fourth-order valence-corrected chi connectivity index (χ4v) is 3.73. The monoisotopic (exact) mass is 391 g/mol. The van der Waals surface area contributed by atoms with Crippen LogP contribution in [0.1, 0.15) is 30.2 Å². The van der Waals surface area contributed by atoms with Gasteiger partial charge in [0.2, 0.25) is 17.6 Å². The summed E-state index contributed by atoms with van der Waals surface area (Å²) < 4.78 is 5.26. The van der Waals surface area contributed by atoms with E-state index in [1.54, 1.807) is 12.4 Å². The van der Waals surface area contributed by atoms with E-state index in [1.807, 2.05) is 18.2 Å². The number of aromatic nitrogens is 3. The van der Waals surface area contributed by atoms with Crippen LogP contribution in [-0.4, -0.2) is 52.1 Å². The van der Waals surface area contributed by atoms with E-state index in [1.165, 1.54) is 12.0 Å². The average molecular weight is 391 g/mol. The maximum atomic E-state index is 12.3. The van der Waals surface area contributed by atoms with Gasteiger partial charge in [-0.15, -0.1) is 0 Å². The quantitative estimate of drug-likeness (QED) is 0.667. The second-order valence-corrected chi connectivity index (χ2v) is 7.34. The Kier molecular flexibility index (Phi) is 6.26. The number of hydrogen-bond donors (Lipinski definition) is 1. The van der Waals surface area contributed by atoms with E-state index in [0.717, 1.165) is 25.1 Å². The fourth-order valence-electron chi connectivity index (χ4n) is 3.73. The van der Waals surface area contributed by atoms with Crippen molar-refractivity contribution in [3.8, 4) is 11.4 Å². The molecule has 3 heterocycles. The van der Waals surface area contributed by atoms with Crippen molar-refractivity contribution in [1.82, 2.24) is 25.3 Å². The van der Waals surface area contributed by atoms with Gasteiger partial charge in [0, 0.05) is 37.5 Å². The van der Waals surface area contributed by atoms with E-state index in [0.29, 0.717) is 37.1 Å². The van der Waals surface area contributed by atoms with Gasteiger partial charge in [-0.05, 0) is 43.0 Å². The number of hydrogen-bond acceptors (Lipinski definition) is 6. The minimum absolute atomic E-state index is 0.0331. The number of likely N-dealkylation sites (tertiary alicyclic amines) is 1. The summed E-state index contributed by atoms with van der Waals surface area (Å²) in [6.45, 7) is 2.79. The minimum atomic E-state index is 0.0331. The van der Waals surface area contributed by atoms with Crippen LogP contribution in [0.5, 0.6) is 0 Å². The Morgan fingerprint density at radius 2 is 2.10 bits per heavy atom. The molecule has 1 atom stereocenters. The molecule has 0 aliphatic carbocycles. The number of nitrogens with one attached hydrogen (secondary N) is 1. The molecule has 1 aliphatic heterocycles. The fraction of sp³-hybridized carbons (Fsp3) is 0.364. The summed E-state index contributed by atoms with van der Waals surface area (Å²) in [7, 11) is 0. The second-order valence-electron chi connectivity index (χ2n) is 7.34. The highest BCUT2D eigenvalue weighted by Gasteiger charge is 2.22. The van der Waals surface area contributed by atoms with E-state index in [2.05, 4.69) is 49.6 Å². The summed E-state index contributed by atoms with van der Waals surface area (Å²) in [5, 5.41) is 6.93. The number of pyridine rings is 1. The number of nitrogens with zero attached hydrogens (tertiary/aromatic N) is 4. The first-order valence-corrected chi connectivity index (χ1v) is 10.0. The smallest absolute Gasteiger partial charge is 0.234 e. The van der Waals surface area contributed by atoms with Crippen molar-refractivity contribution in [2.45, 2.75) is 25.2 Å². The molecule has 150 valence electrons. The predicted octanol–water partition coefficient (Wildman–Crippen LogP) is 2.67. The lowest BCUT2D eigenvalue weighted by Crippen LogP contribution is -2.42. The third kappa shape index (κ3) is 5.26. The van der Waals surface area contributed by atoms with Crippen LogP contribution in [0, 0.1) is 0 Å². The highest BCUT2D eigenvalue weighted by molar-refractivity contribution is 5.78. The maximum absolute atomic E-state index is 12.3. The molecular formula is C22H25N5O2. The summed E-state index contributed by atoms with van der Waals surface area (Å²) in [5.74, 6) is 1.55. The first kappa shape index (κ1) is 19.3. The van der Waals surface area contributed by atoms with Crippen LogP contribution in [0.15, 0.2) is 59.4 Å². The van der Waals surface area contributed by atoms with Crippen molar-refractivity contribution >= 4 is 5.91 Å². The van der Waals surface area contributed by atoms with Crippen molar-refractivity contribution in [3.63, 3.8) is 0 Å². The molecule has 0 radical (unpaired) electrons. The zero-order valence-corrected chi connectivity index (χ0v) is 16.3. The lowest BCUT2D eigenvalue weighted by Gasteiger charge is -2.32. The average Bonchev–Trinajstić information content (AvgIpc) is 3.24. The van der Waals surface area contributed by atoms with Crippen LogP contribution < -0.4 is 5.32 Å². The van der Waals surface area contributed by atoms with Gasteiger partial charge in [-0.1, -0.05) is 35.5 Å². The van der Waals surface area contributed by atoms with Crippen molar-refractivity contribution in [3.05, 3.63) is 66.3 Å². The number of rotatable bonds is 7. The van der Waals surface area contributed by atoms with Crippen LogP contribution in [0.4, 0.5) is 0 Å². The molecule has 29 heavy (non-hydrogen) atoms. The number of piperidine rings is 1. The lowest BCUT2D eigenvalue weighted by molar-refractivity contribution is -0.122. The molecule has 1 aromatic carbocycles. The molecule has 1 saturated heterocycles. The second kappa shape index (κ2) is 9.43. The number of amides is 1. The summed E-state index contributed by atoms with van der Waals surface area (Å²) in [5.41, 5.74) is 2.17. The van der Waals surface area contributed by atoms with Gasteiger partial charge in [-0.25, -0.2) is 0 Å². The van der Waals surface area contributed by atoms with Gasteiger partial charge in [-0.3, -0.25) is 14.7 Å². The molecule has 3 aromatic rings. The van der Waals surface area contributed by atoms with Gasteiger partial charge < -0.3 is 9.84 Å². The third-order valence-corrected chi connectivity index (χ3v) is 5.19. The molecule has 1 N–H and O–H groups in total. The summed E-state index contributed by atoms with van der Waals surface area (Å²) in [6.07, 6.45) is 6.19. The Morgan fingerprint density at radius 3 is 2.93 bits per heavy atom. The van der Waals surface area contributed by atoms with E-state index < -0.39 is 0 Å². The van der Waals surface area contributed by atoms with Crippen LogP contribution >= 0.6 is 0 Å². The Bertz CT molecular complexity index is 913. The normalized spacial score (nSPS) is 17.2. The lowest BCUT2D eigenvalue weighted by atomic mass is 9.91. The molecule has 7 nitrogen and oxygen atoms in total. The summed E-state index contributed by atoms with van der Waals surface area (Å²) in [4.78, 5) is 23.0. The van der Waals surface area contributed by atoms with Gasteiger partial charge in [0.05, 0.1) is 6.54 Å². The van der Waals surface area contributed by atoms with Gasteiger partial charge in [0.25, 0.3) is 0 Å².